The van der Waals surface area contributed by atoms with Crippen molar-refractivity contribution in [3.63, 3.8) is 0 Å². The molecule has 2 rings (SSSR count). The summed E-state index contributed by atoms with van der Waals surface area (Å²) in [5.41, 5.74) is 1.33. The van der Waals surface area contributed by atoms with E-state index in [1.165, 1.54) is 10.0 Å². The molecule has 0 bridgehead atoms. The van der Waals surface area contributed by atoms with Crippen LogP contribution < -0.4 is 5.32 Å². The summed E-state index contributed by atoms with van der Waals surface area (Å²) in [5, 5.41) is 3.70. The molecular weight excluding hydrogens is 278 g/mol. The Balaban J connectivity index is 1.97. The Morgan fingerprint density at radius 3 is 2.88 bits per heavy atom. The molecule has 0 aromatic heterocycles. The SMILES string of the molecule is CC1CC(N[C@@H](C)c2ccccc2Br)CCO1. The van der Waals surface area contributed by atoms with Gasteiger partial charge in [-0.25, -0.2) is 0 Å². The standard InChI is InChI=1S/C14H20BrNO/c1-10-9-12(7-8-17-10)16-11(2)13-5-3-4-6-14(13)15/h3-6,10-12,16H,7-9H2,1-2H3/t10?,11-,12?/m0/s1. The van der Waals surface area contributed by atoms with Gasteiger partial charge < -0.3 is 10.1 Å². The van der Waals surface area contributed by atoms with Crippen LogP contribution >= 0.6 is 15.9 Å². The number of rotatable bonds is 3. The lowest BCUT2D eigenvalue weighted by Crippen LogP contribution is -2.39. The molecule has 0 saturated carbocycles. The van der Waals surface area contributed by atoms with Crippen molar-refractivity contribution in [3.05, 3.63) is 34.3 Å². The molecule has 17 heavy (non-hydrogen) atoms. The van der Waals surface area contributed by atoms with Crippen molar-refractivity contribution in [2.45, 2.75) is 44.9 Å². The van der Waals surface area contributed by atoms with Gasteiger partial charge in [0.15, 0.2) is 0 Å². The minimum absolute atomic E-state index is 0.376. The molecule has 0 aliphatic carbocycles. The second-order valence-corrected chi connectivity index (χ2v) is 5.67. The van der Waals surface area contributed by atoms with Gasteiger partial charge in [0.05, 0.1) is 6.10 Å². The van der Waals surface area contributed by atoms with Gasteiger partial charge in [0.1, 0.15) is 0 Å². The van der Waals surface area contributed by atoms with Crippen LogP contribution in [0.5, 0.6) is 0 Å². The Hall–Kier alpha value is -0.380. The molecule has 1 aromatic rings. The third-order valence-corrected chi connectivity index (χ3v) is 4.06. The van der Waals surface area contributed by atoms with Crippen molar-refractivity contribution in [3.8, 4) is 0 Å². The summed E-state index contributed by atoms with van der Waals surface area (Å²) in [4.78, 5) is 0. The zero-order chi connectivity index (χ0) is 12.3. The number of hydrogen-bond acceptors (Lipinski definition) is 2. The van der Waals surface area contributed by atoms with Gasteiger partial charge in [0, 0.05) is 23.2 Å². The first-order valence-electron chi connectivity index (χ1n) is 6.29. The first kappa shape index (κ1) is 13.1. The summed E-state index contributed by atoms with van der Waals surface area (Å²) >= 11 is 3.61. The largest absolute Gasteiger partial charge is 0.378 e. The fraction of sp³-hybridized carbons (Fsp3) is 0.571. The minimum atomic E-state index is 0.376. The molecule has 3 heteroatoms. The highest BCUT2D eigenvalue weighted by Gasteiger charge is 2.21. The monoisotopic (exact) mass is 297 g/mol. The average Bonchev–Trinajstić information content (AvgIpc) is 2.29. The van der Waals surface area contributed by atoms with E-state index in [-0.39, 0.29) is 0 Å². The molecule has 0 radical (unpaired) electrons. The third kappa shape index (κ3) is 3.54. The number of hydrogen-bond donors (Lipinski definition) is 1. The van der Waals surface area contributed by atoms with Gasteiger partial charge in [-0.2, -0.15) is 0 Å². The summed E-state index contributed by atoms with van der Waals surface area (Å²) in [6.07, 6.45) is 2.60. The van der Waals surface area contributed by atoms with Gasteiger partial charge in [-0.15, -0.1) is 0 Å². The Bertz CT molecular complexity index is 369. The van der Waals surface area contributed by atoms with E-state index >= 15 is 0 Å². The first-order valence-corrected chi connectivity index (χ1v) is 7.08. The van der Waals surface area contributed by atoms with Crippen LogP contribution in [-0.2, 0) is 4.74 Å². The smallest absolute Gasteiger partial charge is 0.0561 e. The van der Waals surface area contributed by atoms with Crippen LogP contribution in [0.15, 0.2) is 28.7 Å². The van der Waals surface area contributed by atoms with E-state index in [4.69, 9.17) is 4.74 Å². The summed E-state index contributed by atoms with van der Waals surface area (Å²) in [7, 11) is 0. The molecular formula is C14H20BrNO. The van der Waals surface area contributed by atoms with E-state index in [0.29, 0.717) is 18.2 Å². The molecule has 1 saturated heterocycles. The van der Waals surface area contributed by atoms with E-state index in [1.807, 2.05) is 0 Å². The molecule has 94 valence electrons. The van der Waals surface area contributed by atoms with E-state index in [1.54, 1.807) is 0 Å². The summed E-state index contributed by atoms with van der Waals surface area (Å²) in [6.45, 7) is 5.25. The molecule has 1 aliphatic rings. The lowest BCUT2D eigenvalue weighted by Gasteiger charge is -2.30. The van der Waals surface area contributed by atoms with Gasteiger partial charge in [-0.1, -0.05) is 34.1 Å². The number of nitrogens with one attached hydrogen (secondary N) is 1. The zero-order valence-electron chi connectivity index (χ0n) is 10.4. The molecule has 2 unspecified atom stereocenters. The lowest BCUT2D eigenvalue weighted by molar-refractivity contribution is 0.0116. The van der Waals surface area contributed by atoms with Crippen molar-refractivity contribution < 1.29 is 4.74 Å². The third-order valence-electron chi connectivity index (χ3n) is 3.34. The Labute approximate surface area is 112 Å². The molecule has 1 aliphatic heterocycles. The van der Waals surface area contributed by atoms with E-state index in [0.717, 1.165) is 19.4 Å². The normalized spacial score (nSPS) is 26.8. The van der Waals surface area contributed by atoms with Crippen LogP contribution in [0.25, 0.3) is 0 Å². The fourth-order valence-corrected chi connectivity index (χ4v) is 3.05. The maximum atomic E-state index is 5.57. The molecule has 2 nitrogen and oxygen atoms in total. The number of benzene rings is 1. The summed E-state index contributed by atoms with van der Waals surface area (Å²) < 4.78 is 6.75. The van der Waals surface area contributed by atoms with Crippen LogP contribution in [0.1, 0.15) is 38.3 Å². The van der Waals surface area contributed by atoms with E-state index in [9.17, 15) is 0 Å². The highest BCUT2D eigenvalue weighted by Crippen LogP contribution is 2.24. The summed E-state index contributed by atoms with van der Waals surface area (Å²) in [5.74, 6) is 0. The van der Waals surface area contributed by atoms with Gasteiger partial charge >= 0.3 is 0 Å². The van der Waals surface area contributed by atoms with Crippen LogP contribution in [0, 0.1) is 0 Å². The van der Waals surface area contributed by atoms with Gasteiger partial charge in [0.25, 0.3) is 0 Å². The van der Waals surface area contributed by atoms with Crippen LogP contribution in [0.2, 0.25) is 0 Å². The van der Waals surface area contributed by atoms with Gasteiger partial charge in [-0.05, 0) is 38.3 Å². The van der Waals surface area contributed by atoms with Gasteiger partial charge in [0.2, 0.25) is 0 Å². The van der Waals surface area contributed by atoms with Crippen LogP contribution in [0.3, 0.4) is 0 Å². The first-order chi connectivity index (χ1) is 8.16. The summed E-state index contributed by atoms with van der Waals surface area (Å²) in [6, 6.07) is 9.36. The maximum Gasteiger partial charge on any atom is 0.0561 e. The second-order valence-electron chi connectivity index (χ2n) is 4.81. The number of ether oxygens (including phenoxy) is 1. The van der Waals surface area contributed by atoms with Crippen molar-refractivity contribution in [1.29, 1.82) is 0 Å². The zero-order valence-corrected chi connectivity index (χ0v) is 12.0. The maximum absolute atomic E-state index is 5.57. The molecule has 0 spiro atoms. The Morgan fingerprint density at radius 1 is 1.41 bits per heavy atom. The predicted molar refractivity (Wildman–Crippen MR) is 74.1 cm³/mol. The van der Waals surface area contributed by atoms with E-state index in [2.05, 4.69) is 59.4 Å². The Morgan fingerprint density at radius 2 is 2.18 bits per heavy atom. The number of halogens is 1. The minimum Gasteiger partial charge on any atom is -0.378 e. The van der Waals surface area contributed by atoms with Crippen LogP contribution in [-0.4, -0.2) is 18.8 Å². The van der Waals surface area contributed by atoms with E-state index < -0.39 is 0 Å². The van der Waals surface area contributed by atoms with Crippen molar-refractivity contribution in [2.24, 2.45) is 0 Å². The molecule has 0 amide bonds. The van der Waals surface area contributed by atoms with Crippen LogP contribution in [0.4, 0.5) is 0 Å². The molecule has 1 aromatic carbocycles. The quantitative estimate of drug-likeness (QED) is 0.919. The van der Waals surface area contributed by atoms with Crippen molar-refractivity contribution >= 4 is 15.9 Å². The molecule has 1 heterocycles. The van der Waals surface area contributed by atoms with Gasteiger partial charge in [-0.3, -0.25) is 0 Å². The topological polar surface area (TPSA) is 21.3 Å². The molecule has 1 fully saturated rings. The lowest BCUT2D eigenvalue weighted by atomic mass is 10.0. The van der Waals surface area contributed by atoms with Crippen molar-refractivity contribution in [1.82, 2.24) is 5.32 Å². The second kappa shape index (κ2) is 5.98. The molecule has 1 N–H and O–H groups in total. The Kier molecular flexibility index (Phi) is 4.60. The predicted octanol–water partition coefficient (Wildman–Crippen LogP) is 3.67. The highest BCUT2D eigenvalue weighted by atomic mass is 79.9. The average molecular weight is 298 g/mol. The highest BCUT2D eigenvalue weighted by molar-refractivity contribution is 9.10. The molecule has 3 atom stereocenters. The fourth-order valence-electron chi connectivity index (χ4n) is 2.42. The van der Waals surface area contributed by atoms with Crippen molar-refractivity contribution in [2.75, 3.05) is 6.61 Å².